The van der Waals surface area contributed by atoms with Crippen LogP contribution in [0.4, 0.5) is 5.69 Å². The average molecular weight is 337 g/mol. The van der Waals surface area contributed by atoms with Crippen LogP contribution in [0.15, 0.2) is 48.7 Å². The second-order valence-corrected chi connectivity index (χ2v) is 6.37. The van der Waals surface area contributed by atoms with Gasteiger partial charge in [0.2, 0.25) is 0 Å². The first-order chi connectivity index (χ1) is 11.7. The third-order valence-electron chi connectivity index (χ3n) is 3.85. The van der Waals surface area contributed by atoms with Crippen molar-refractivity contribution in [3.8, 4) is 11.3 Å². The van der Waals surface area contributed by atoms with E-state index in [1.807, 2.05) is 28.8 Å². The maximum Gasteiger partial charge on any atom is 0.269 e. The van der Waals surface area contributed by atoms with Gasteiger partial charge >= 0.3 is 0 Å². The van der Waals surface area contributed by atoms with Gasteiger partial charge < -0.3 is 4.79 Å². The third-order valence-corrected chi connectivity index (χ3v) is 4.87. The lowest BCUT2D eigenvalue weighted by atomic mass is 10.1. The first kappa shape index (κ1) is 14.5. The van der Waals surface area contributed by atoms with Crippen LogP contribution in [-0.2, 0) is 11.2 Å². The smallest absolute Gasteiger partial charge is 0.269 e. The summed E-state index contributed by atoms with van der Waals surface area (Å²) in [7, 11) is 0. The summed E-state index contributed by atoms with van der Waals surface area (Å²) in [5, 5.41) is 10.7. The molecule has 2 aromatic carbocycles. The summed E-state index contributed by atoms with van der Waals surface area (Å²) < 4.78 is 3.08. The van der Waals surface area contributed by atoms with E-state index in [2.05, 4.69) is 4.98 Å². The minimum Gasteiger partial charge on any atom is -0.303 e. The second kappa shape index (κ2) is 5.54. The second-order valence-electron chi connectivity index (χ2n) is 5.36. The van der Waals surface area contributed by atoms with Crippen molar-refractivity contribution in [2.24, 2.45) is 0 Å². The quantitative estimate of drug-likeness (QED) is 0.322. The Kier molecular flexibility index (Phi) is 3.35. The van der Waals surface area contributed by atoms with Crippen molar-refractivity contribution in [1.82, 2.24) is 9.38 Å². The fourth-order valence-corrected chi connectivity index (χ4v) is 3.73. The number of aromatic nitrogens is 2. The van der Waals surface area contributed by atoms with Crippen LogP contribution < -0.4 is 0 Å². The van der Waals surface area contributed by atoms with Gasteiger partial charge in [-0.3, -0.25) is 14.5 Å². The van der Waals surface area contributed by atoms with Crippen LogP contribution in [0.25, 0.3) is 26.4 Å². The lowest BCUT2D eigenvalue weighted by molar-refractivity contribution is -0.384. The Hall–Kier alpha value is -3.06. The van der Waals surface area contributed by atoms with E-state index in [9.17, 15) is 14.9 Å². The molecule has 4 aromatic rings. The standard InChI is InChI=1S/C17H11N3O3S/c21-8-7-11-1-6-15-16(9-11)24-17-18-14(10-19(15)17)12-2-4-13(5-3-12)20(22)23/h1-6,8-10H,7H2. The van der Waals surface area contributed by atoms with Crippen molar-refractivity contribution >= 4 is 38.5 Å². The van der Waals surface area contributed by atoms with Gasteiger partial charge in [0.25, 0.3) is 5.69 Å². The number of hydrogen-bond acceptors (Lipinski definition) is 5. The number of carbonyl (C=O) groups is 1. The Bertz CT molecular complexity index is 1080. The predicted molar refractivity (Wildman–Crippen MR) is 92.4 cm³/mol. The molecule has 4 rings (SSSR count). The lowest BCUT2D eigenvalue weighted by Crippen LogP contribution is -1.87. The summed E-state index contributed by atoms with van der Waals surface area (Å²) in [5.74, 6) is 0. The molecule has 118 valence electrons. The summed E-state index contributed by atoms with van der Waals surface area (Å²) in [5.41, 5.74) is 3.69. The number of aldehydes is 1. The van der Waals surface area contributed by atoms with E-state index in [0.29, 0.717) is 6.42 Å². The minimum atomic E-state index is -0.417. The van der Waals surface area contributed by atoms with Gasteiger partial charge in [0.15, 0.2) is 4.96 Å². The number of hydrogen-bond donors (Lipinski definition) is 0. The molecule has 24 heavy (non-hydrogen) atoms. The Morgan fingerprint density at radius 3 is 2.71 bits per heavy atom. The van der Waals surface area contributed by atoms with Gasteiger partial charge in [-0.25, -0.2) is 4.98 Å². The number of nitrogens with zero attached hydrogens (tertiary/aromatic N) is 3. The molecule has 2 aromatic heterocycles. The number of non-ortho nitro benzene ring substituents is 1. The average Bonchev–Trinajstić information content (AvgIpc) is 3.12. The molecule has 0 aliphatic carbocycles. The summed E-state index contributed by atoms with van der Waals surface area (Å²) in [6.07, 6.45) is 3.23. The topological polar surface area (TPSA) is 77.5 Å². The number of rotatable bonds is 4. The fourth-order valence-electron chi connectivity index (χ4n) is 2.66. The number of nitro benzene ring substituents is 1. The molecule has 0 saturated carbocycles. The zero-order valence-electron chi connectivity index (χ0n) is 12.4. The molecule has 0 amide bonds. The highest BCUT2D eigenvalue weighted by Crippen LogP contribution is 2.30. The maximum atomic E-state index is 10.7. The minimum absolute atomic E-state index is 0.0629. The van der Waals surface area contributed by atoms with Crippen molar-refractivity contribution in [2.45, 2.75) is 6.42 Å². The van der Waals surface area contributed by atoms with E-state index in [-0.39, 0.29) is 5.69 Å². The highest BCUT2D eigenvalue weighted by Gasteiger charge is 2.12. The van der Waals surface area contributed by atoms with Gasteiger partial charge in [0, 0.05) is 30.3 Å². The fraction of sp³-hybridized carbons (Fsp3) is 0.0588. The van der Waals surface area contributed by atoms with Gasteiger partial charge in [-0.1, -0.05) is 17.4 Å². The van der Waals surface area contributed by atoms with Crippen molar-refractivity contribution in [3.05, 3.63) is 64.3 Å². The number of thiazole rings is 1. The SMILES string of the molecule is O=CCc1ccc2c(c1)sc1nc(-c3ccc([N+](=O)[O-])cc3)cn12. The number of nitro groups is 1. The van der Waals surface area contributed by atoms with E-state index in [1.54, 1.807) is 23.5 Å². The van der Waals surface area contributed by atoms with Crippen molar-refractivity contribution in [1.29, 1.82) is 0 Å². The van der Waals surface area contributed by atoms with Crippen LogP contribution in [0.1, 0.15) is 5.56 Å². The van der Waals surface area contributed by atoms with E-state index < -0.39 is 4.92 Å². The van der Waals surface area contributed by atoms with Gasteiger partial charge in [-0.15, -0.1) is 0 Å². The summed E-state index contributed by atoms with van der Waals surface area (Å²) >= 11 is 1.55. The zero-order valence-corrected chi connectivity index (χ0v) is 13.2. The van der Waals surface area contributed by atoms with Gasteiger partial charge in [-0.2, -0.15) is 0 Å². The van der Waals surface area contributed by atoms with Crippen molar-refractivity contribution in [3.63, 3.8) is 0 Å². The van der Waals surface area contributed by atoms with E-state index >= 15 is 0 Å². The molecule has 0 bridgehead atoms. The van der Waals surface area contributed by atoms with E-state index in [0.717, 1.165) is 38.3 Å². The molecule has 7 heteroatoms. The highest BCUT2D eigenvalue weighted by atomic mass is 32.1. The Morgan fingerprint density at radius 2 is 2.00 bits per heavy atom. The third kappa shape index (κ3) is 2.35. The largest absolute Gasteiger partial charge is 0.303 e. The van der Waals surface area contributed by atoms with Crippen LogP contribution in [0.2, 0.25) is 0 Å². The lowest BCUT2D eigenvalue weighted by Gasteiger charge is -1.97. The molecule has 0 N–H and O–H groups in total. The number of fused-ring (bicyclic) bond motifs is 3. The molecule has 6 nitrogen and oxygen atoms in total. The molecule has 0 spiro atoms. The first-order valence-corrected chi connectivity index (χ1v) is 8.06. The van der Waals surface area contributed by atoms with Crippen LogP contribution in [-0.4, -0.2) is 20.6 Å². The Balaban J connectivity index is 1.78. The monoisotopic (exact) mass is 337 g/mol. The Labute approximate surface area is 140 Å². The maximum absolute atomic E-state index is 10.7. The summed E-state index contributed by atoms with van der Waals surface area (Å²) in [6, 6.07) is 12.3. The van der Waals surface area contributed by atoms with Crippen molar-refractivity contribution < 1.29 is 9.72 Å². The van der Waals surface area contributed by atoms with E-state index in [1.165, 1.54) is 12.1 Å². The molecule has 0 fully saturated rings. The predicted octanol–water partition coefficient (Wildman–Crippen LogP) is 3.87. The molecule has 0 atom stereocenters. The van der Waals surface area contributed by atoms with Crippen LogP contribution in [0.3, 0.4) is 0 Å². The molecule has 0 aliphatic heterocycles. The number of benzene rings is 2. The summed E-state index contributed by atoms with van der Waals surface area (Å²) in [6.45, 7) is 0. The molecule has 0 radical (unpaired) electrons. The van der Waals surface area contributed by atoms with Gasteiger partial charge in [0.1, 0.15) is 6.29 Å². The van der Waals surface area contributed by atoms with E-state index in [4.69, 9.17) is 0 Å². The Morgan fingerprint density at radius 1 is 1.21 bits per heavy atom. The van der Waals surface area contributed by atoms with Crippen molar-refractivity contribution in [2.75, 3.05) is 0 Å². The first-order valence-electron chi connectivity index (χ1n) is 7.25. The normalized spacial score (nSPS) is 11.2. The molecule has 0 unspecified atom stereocenters. The molecule has 0 saturated heterocycles. The van der Waals surface area contributed by atoms with Crippen LogP contribution >= 0.6 is 11.3 Å². The van der Waals surface area contributed by atoms with Gasteiger partial charge in [-0.05, 0) is 29.8 Å². The highest BCUT2D eigenvalue weighted by molar-refractivity contribution is 7.23. The van der Waals surface area contributed by atoms with Crippen LogP contribution in [0.5, 0.6) is 0 Å². The number of imidazole rings is 1. The summed E-state index contributed by atoms with van der Waals surface area (Å²) in [4.78, 5) is 26.4. The molecule has 0 aliphatic rings. The zero-order chi connectivity index (χ0) is 16.7. The van der Waals surface area contributed by atoms with Gasteiger partial charge in [0.05, 0.1) is 20.8 Å². The van der Waals surface area contributed by atoms with Crippen LogP contribution in [0, 0.1) is 10.1 Å². The molecular formula is C17H11N3O3S. The molecular weight excluding hydrogens is 326 g/mol. The molecule has 2 heterocycles. The number of carbonyl (C=O) groups excluding carboxylic acids is 1.